The SMILES string of the molecule is CCc1ccc(-c2cc(C(=O)N/N=C(\C)c3ccc(C(C)(C)C)cc3)c3cccc(Cl)c3n2)cc1. The molecule has 0 aliphatic rings. The second-order valence-electron chi connectivity index (χ2n) is 9.71. The van der Waals surface area contributed by atoms with Gasteiger partial charge < -0.3 is 0 Å². The molecule has 0 saturated heterocycles. The van der Waals surface area contributed by atoms with Crippen molar-refractivity contribution in [3.8, 4) is 11.3 Å². The summed E-state index contributed by atoms with van der Waals surface area (Å²) in [7, 11) is 0. The van der Waals surface area contributed by atoms with Crippen LogP contribution in [0.2, 0.25) is 5.02 Å². The molecule has 0 unspecified atom stereocenters. The average molecular weight is 484 g/mol. The summed E-state index contributed by atoms with van der Waals surface area (Å²) in [5.41, 5.74) is 9.67. The Balaban J connectivity index is 1.67. The van der Waals surface area contributed by atoms with E-state index < -0.39 is 0 Å². The molecule has 0 aliphatic carbocycles. The number of halogens is 1. The van der Waals surface area contributed by atoms with Crippen LogP contribution in [0.1, 0.15) is 61.7 Å². The minimum absolute atomic E-state index is 0.0794. The summed E-state index contributed by atoms with van der Waals surface area (Å²) < 4.78 is 0. The second kappa shape index (κ2) is 10.0. The Morgan fingerprint density at radius 2 is 1.69 bits per heavy atom. The Hall–Kier alpha value is -3.50. The van der Waals surface area contributed by atoms with Crippen molar-refractivity contribution in [2.75, 3.05) is 0 Å². The molecule has 4 nitrogen and oxygen atoms in total. The fraction of sp³-hybridized carbons (Fsp3) is 0.233. The van der Waals surface area contributed by atoms with Gasteiger partial charge in [-0.2, -0.15) is 5.10 Å². The van der Waals surface area contributed by atoms with E-state index in [-0.39, 0.29) is 11.3 Å². The van der Waals surface area contributed by atoms with Crippen molar-refractivity contribution in [1.29, 1.82) is 0 Å². The van der Waals surface area contributed by atoms with Crippen molar-refractivity contribution in [3.63, 3.8) is 0 Å². The van der Waals surface area contributed by atoms with Crippen LogP contribution >= 0.6 is 11.6 Å². The number of aryl methyl sites for hydroxylation is 1. The third-order valence-electron chi connectivity index (χ3n) is 6.19. The summed E-state index contributed by atoms with van der Waals surface area (Å²) in [5, 5.41) is 5.57. The molecule has 0 bridgehead atoms. The van der Waals surface area contributed by atoms with Crippen LogP contribution < -0.4 is 5.43 Å². The molecule has 3 aromatic carbocycles. The van der Waals surface area contributed by atoms with Crippen molar-refractivity contribution in [3.05, 3.63) is 100 Å². The number of nitrogens with zero attached hydrogens (tertiary/aromatic N) is 2. The predicted octanol–water partition coefficient (Wildman–Crippen LogP) is 7.57. The summed E-state index contributed by atoms with van der Waals surface area (Å²) in [4.78, 5) is 18.1. The van der Waals surface area contributed by atoms with Crippen molar-refractivity contribution >= 4 is 34.1 Å². The average Bonchev–Trinajstić information content (AvgIpc) is 2.86. The molecule has 4 rings (SSSR count). The summed E-state index contributed by atoms with van der Waals surface area (Å²) in [5.74, 6) is -0.309. The van der Waals surface area contributed by atoms with E-state index in [1.54, 1.807) is 12.1 Å². The molecule has 1 heterocycles. The van der Waals surface area contributed by atoms with Gasteiger partial charge in [0.15, 0.2) is 0 Å². The number of carbonyl (C=O) groups is 1. The summed E-state index contributed by atoms with van der Waals surface area (Å²) in [6.45, 7) is 10.5. The van der Waals surface area contributed by atoms with Crippen LogP contribution in [0.25, 0.3) is 22.2 Å². The highest BCUT2D eigenvalue weighted by molar-refractivity contribution is 6.35. The molecule has 178 valence electrons. The Bertz CT molecular complexity index is 1400. The molecule has 1 N–H and O–H groups in total. The number of carbonyl (C=O) groups excluding carboxylic acids is 1. The van der Waals surface area contributed by atoms with Gasteiger partial charge in [0.05, 0.1) is 27.5 Å². The van der Waals surface area contributed by atoms with Gasteiger partial charge in [0, 0.05) is 10.9 Å². The van der Waals surface area contributed by atoms with Crippen LogP contribution in [0.4, 0.5) is 0 Å². The lowest BCUT2D eigenvalue weighted by atomic mass is 9.86. The minimum atomic E-state index is -0.309. The highest BCUT2D eigenvalue weighted by Crippen LogP contribution is 2.29. The second-order valence-corrected chi connectivity index (χ2v) is 10.1. The van der Waals surface area contributed by atoms with Gasteiger partial charge >= 0.3 is 0 Å². The first-order valence-corrected chi connectivity index (χ1v) is 12.2. The Morgan fingerprint density at radius 3 is 2.31 bits per heavy atom. The quantitative estimate of drug-likeness (QED) is 0.235. The fourth-order valence-corrected chi connectivity index (χ4v) is 4.15. The lowest BCUT2D eigenvalue weighted by molar-refractivity contribution is 0.0956. The number of rotatable bonds is 5. The molecule has 35 heavy (non-hydrogen) atoms. The van der Waals surface area contributed by atoms with Gasteiger partial charge in [0.2, 0.25) is 0 Å². The van der Waals surface area contributed by atoms with Gasteiger partial charge in [0.25, 0.3) is 5.91 Å². The Labute approximate surface area is 212 Å². The molecule has 1 amide bonds. The molecule has 0 radical (unpaired) electrons. The Kier molecular flexibility index (Phi) is 7.04. The zero-order valence-corrected chi connectivity index (χ0v) is 21.6. The summed E-state index contributed by atoms with van der Waals surface area (Å²) in [6, 6.07) is 23.7. The van der Waals surface area contributed by atoms with Crippen molar-refractivity contribution < 1.29 is 4.79 Å². The van der Waals surface area contributed by atoms with Crippen LogP contribution in [-0.4, -0.2) is 16.6 Å². The number of amides is 1. The van der Waals surface area contributed by atoms with E-state index >= 15 is 0 Å². The number of hydrazone groups is 1. The largest absolute Gasteiger partial charge is 0.272 e. The zero-order valence-electron chi connectivity index (χ0n) is 20.8. The van der Waals surface area contributed by atoms with Gasteiger partial charge in [-0.15, -0.1) is 0 Å². The standard InChI is InChI=1S/C30H30ClN3O/c1-6-20-10-12-22(13-11-20)27-18-25(24-8-7-9-26(31)28(24)32-27)29(35)34-33-19(2)21-14-16-23(17-15-21)30(3,4)5/h7-18H,6H2,1-5H3,(H,34,35)/b33-19+. The summed E-state index contributed by atoms with van der Waals surface area (Å²) >= 11 is 6.47. The van der Waals surface area contributed by atoms with E-state index in [4.69, 9.17) is 16.6 Å². The first-order chi connectivity index (χ1) is 16.7. The third-order valence-corrected chi connectivity index (χ3v) is 6.49. The van der Waals surface area contributed by atoms with E-state index in [0.29, 0.717) is 27.2 Å². The van der Waals surface area contributed by atoms with Crippen LogP contribution in [0, 0.1) is 0 Å². The number of fused-ring (bicyclic) bond motifs is 1. The van der Waals surface area contributed by atoms with E-state index in [0.717, 1.165) is 23.3 Å². The van der Waals surface area contributed by atoms with Crippen LogP contribution in [0.5, 0.6) is 0 Å². The number of nitrogens with one attached hydrogen (secondary N) is 1. The molecular formula is C30H30ClN3O. The fourth-order valence-electron chi connectivity index (χ4n) is 3.93. The Morgan fingerprint density at radius 1 is 1.00 bits per heavy atom. The molecule has 0 saturated carbocycles. The monoisotopic (exact) mass is 483 g/mol. The number of para-hydroxylation sites is 1. The first-order valence-electron chi connectivity index (χ1n) is 11.8. The van der Waals surface area contributed by atoms with E-state index in [9.17, 15) is 4.79 Å². The minimum Gasteiger partial charge on any atom is -0.267 e. The highest BCUT2D eigenvalue weighted by atomic mass is 35.5. The van der Waals surface area contributed by atoms with Crippen LogP contribution in [0.3, 0.4) is 0 Å². The molecule has 0 aliphatic heterocycles. The molecule has 0 fully saturated rings. The van der Waals surface area contributed by atoms with Crippen LogP contribution in [-0.2, 0) is 11.8 Å². The maximum atomic E-state index is 13.3. The third kappa shape index (κ3) is 5.44. The number of pyridine rings is 1. The molecular weight excluding hydrogens is 454 g/mol. The molecule has 4 aromatic rings. The molecule has 0 spiro atoms. The predicted molar refractivity (Wildman–Crippen MR) is 146 cm³/mol. The van der Waals surface area contributed by atoms with Crippen LogP contribution in [0.15, 0.2) is 77.9 Å². The normalized spacial score (nSPS) is 12.1. The lowest BCUT2D eigenvalue weighted by Crippen LogP contribution is -2.20. The molecule has 0 atom stereocenters. The number of aromatic nitrogens is 1. The molecule has 1 aromatic heterocycles. The van der Waals surface area contributed by atoms with Gasteiger partial charge in [0.1, 0.15) is 0 Å². The maximum Gasteiger partial charge on any atom is 0.272 e. The van der Waals surface area contributed by atoms with Gasteiger partial charge in [-0.25, -0.2) is 10.4 Å². The topological polar surface area (TPSA) is 54.4 Å². The van der Waals surface area contributed by atoms with E-state index in [1.165, 1.54) is 11.1 Å². The van der Waals surface area contributed by atoms with Gasteiger partial charge in [-0.05, 0) is 47.6 Å². The van der Waals surface area contributed by atoms with E-state index in [2.05, 4.69) is 62.5 Å². The highest BCUT2D eigenvalue weighted by Gasteiger charge is 2.16. The van der Waals surface area contributed by atoms with Gasteiger partial charge in [-0.3, -0.25) is 4.79 Å². The zero-order chi connectivity index (χ0) is 25.2. The smallest absolute Gasteiger partial charge is 0.267 e. The molecule has 5 heteroatoms. The summed E-state index contributed by atoms with van der Waals surface area (Å²) in [6.07, 6.45) is 0.960. The van der Waals surface area contributed by atoms with Crippen molar-refractivity contribution in [1.82, 2.24) is 10.4 Å². The van der Waals surface area contributed by atoms with Crippen molar-refractivity contribution in [2.24, 2.45) is 5.10 Å². The number of benzene rings is 3. The van der Waals surface area contributed by atoms with Gasteiger partial charge in [-0.1, -0.05) is 100.0 Å². The maximum absolute atomic E-state index is 13.3. The van der Waals surface area contributed by atoms with Crippen molar-refractivity contribution in [2.45, 2.75) is 46.5 Å². The number of hydrogen-bond acceptors (Lipinski definition) is 3. The first kappa shape index (κ1) is 24.6. The number of hydrogen-bond donors (Lipinski definition) is 1. The lowest BCUT2D eigenvalue weighted by Gasteiger charge is -2.19. The van der Waals surface area contributed by atoms with E-state index in [1.807, 2.05) is 43.3 Å².